The molecule has 0 spiro atoms. The number of rotatable bonds is 9. The molecule has 0 aliphatic rings. The summed E-state index contributed by atoms with van der Waals surface area (Å²) in [5.41, 5.74) is 3.11. The number of ether oxygens (including phenoxy) is 5. The summed E-state index contributed by atoms with van der Waals surface area (Å²) in [4.78, 5) is 4.55. The maximum atomic E-state index is 10.2. The molecule has 4 rings (SSSR count). The number of aliphatic imine (C=N–C) groups is 1. The predicted molar refractivity (Wildman–Crippen MR) is 141 cm³/mol. The topological polar surface area (TPSA) is 95.4 Å². The van der Waals surface area contributed by atoms with Crippen molar-refractivity contribution in [2.75, 3.05) is 35.5 Å². The van der Waals surface area contributed by atoms with Gasteiger partial charge in [0, 0.05) is 29.0 Å². The molecule has 0 aliphatic heterocycles. The van der Waals surface area contributed by atoms with Gasteiger partial charge >= 0.3 is 0 Å². The maximum absolute atomic E-state index is 10.2. The molecule has 0 N–H and O–H groups in total. The van der Waals surface area contributed by atoms with Crippen molar-refractivity contribution >= 4 is 12.1 Å². The molecule has 8 heteroatoms. The summed E-state index contributed by atoms with van der Waals surface area (Å²) >= 11 is 0. The van der Waals surface area contributed by atoms with Gasteiger partial charge in [-0.15, -0.1) is 0 Å². The van der Waals surface area contributed by atoms with Crippen molar-refractivity contribution in [3.63, 3.8) is 0 Å². The van der Waals surface area contributed by atoms with Gasteiger partial charge in [-0.1, -0.05) is 12.1 Å². The van der Waals surface area contributed by atoms with Gasteiger partial charge in [0.05, 0.1) is 35.5 Å². The Kier molecular flexibility index (Phi) is 7.65. The molecule has 1 aromatic heterocycles. The molecule has 0 saturated heterocycles. The van der Waals surface area contributed by atoms with Crippen LogP contribution in [0.25, 0.3) is 22.5 Å². The number of nitrogens with zero attached hydrogens (tertiary/aromatic N) is 2. The molecule has 0 radical (unpaired) electrons. The SMILES string of the molecule is COc1ccc(-c2oc(/N=C/c3cc(OC)c(OC)cc3OC)c(C#N)c2-c2ccc(OC)cc2)cc1. The normalized spacial score (nSPS) is 10.7. The lowest BCUT2D eigenvalue weighted by Crippen LogP contribution is -1.96. The first kappa shape index (κ1) is 25.2. The van der Waals surface area contributed by atoms with Crippen LogP contribution in [0.3, 0.4) is 0 Å². The van der Waals surface area contributed by atoms with Crippen LogP contribution in [-0.2, 0) is 0 Å². The molecule has 1 heterocycles. The molecule has 0 unspecified atom stereocenters. The van der Waals surface area contributed by atoms with Crippen molar-refractivity contribution in [1.82, 2.24) is 0 Å². The fourth-order valence-electron chi connectivity index (χ4n) is 3.87. The minimum absolute atomic E-state index is 0.163. The molecular weight excluding hydrogens is 472 g/mol. The Labute approximate surface area is 215 Å². The second-order valence-corrected chi connectivity index (χ2v) is 7.76. The molecule has 0 fully saturated rings. The van der Waals surface area contributed by atoms with E-state index in [4.69, 9.17) is 28.1 Å². The summed E-state index contributed by atoms with van der Waals surface area (Å²) in [6.45, 7) is 0. The van der Waals surface area contributed by atoms with Crippen LogP contribution in [-0.4, -0.2) is 41.8 Å². The Morgan fingerprint density at radius 2 is 1.24 bits per heavy atom. The lowest BCUT2D eigenvalue weighted by Gasteiger charge is -2.11. The third-order valence-electron chi connectivity index (χ3n) is 5.79. The van der Waals surface area contributed by atoms with E-state index in [1.807, 2.05) is 48.5 Å². The summed E-state index contributed by atoms with van der Waals surface area (Å²) in [5, 5.41) is 10.2. The van der Waals surface area contributed by atoms with Crippen LogP contribution in [0.4, 0.5) is 5.88 Å². The smallest absolute Gasteiger partial charge is 0.238 e. The maximum Gasteiger partial charge on any atom is 0.238 e. The van der Waals surface area contributed by atoms with Crippen LogP contribution >= 0.6 is 0 Å². The zero-order chi connectivity index (χ0) is 26.4. The Morgan fingerprint density at radius 1 is 0.703 bits per heavy atom. The van der Waals surface area contributed by atoms with Crippen LogP contribution in [0.5, 0.6) is 28.7 Å². The molecule has 0 amide bonds. The van der Waals surface area contributed by atoms with Gasteiger partial charge in [0.2, 0.25) is 5.88 Å². The molecule has 0 aliphatic carbocycles. The van der Waals surface area contributed by atoms with Gasteiger partial charge in [0.15, 0.2) is 11.5 Å². The molecule has 8 nitrogen and oxygen atoms in total. The fraction of sp³-hybridized carbons (Fsp3) is 0.172. The van der Waals surface area contributed by atoms with Gasteiger partial charge < -0.3 is 28.1 Å². The third kappa shape index (κ3) is 5.07. The van der Waals surface area contributed by atoms with E-state index in [9.17, 15) is 5.26 Å². The zero-order valence-corrected chi connectivity index (χ0v) is 21.2. The van der Waals surface area contributed by atoms with Crippen molar-refractivity contribution in [3.8, 4) is 57.3 Å². The summed E-state index contributed by atoms with van der Waals surface area (Å²) < 4.78 is 33.1. The number of benzene rings is 3. The van der Waals surface area contributed by atoms with E-state index in [-0.39, 0.29) is 5.88 Å². The van der Waals surface area contributed by atoms with Crippen LogP contribution in [0.15, 0.2) is 70.1 Å². The van der Waals surface area contributed by atoms with Crippen LogP contribution in [0.1, 0.15) is 11.1 Å². The highest BCUT2D eigenvalue weighted by Crippen LogP contribution is 2.43. The Balaban J connectivity index is 1.87. The second kappa shape index (κ2) is 11.2. The van der Waals surface area contributed by atoms with Crippen molar-refractivity contribution < 1.29 is 28.1 Å². The van der Waals surface area contributed by atoms with Crippen LogP contribution in [0, 0.1) is 11.3 Å². The van der Waals surface area contributed by atoms with Crippen LogP contribution < -0.4 is 23.7 Å². The van der Waals surface area contributed by atoms with Crippen molar-refractivity contribution in [1.29, 1.82) is 5.26 Å². The predicted octanol–water partition coefficient (Wildman–Crippen LogP) is 6.28. The van der Waals surface area contributed by atoms with Gasteiger partial charge in [0.25, 0.3) is 0 Å². The van der Waals surface area contributed by atoms with Crippen molar-refractivity contribution in [2.45, 2.75) is 0 Å². The first-order valence-electron chi connectivity index (χ1n) is 11.3. The van der Waals surface area contributed by atoms with Gasteiger partial charge in [0.1, 0.15) is 34.6 Å². The lowest BCUT2D eigenvalue weighted by molar-refractivity contribution is 0.349. The zero-order valence-electron chi connectivity index (χ0n) is 21.2. The van der Waals surface area contributed by atoms with E-state index in [0.717, 1.165) is 11.1 Å². The molecule has 37 heavy (non-hydrogen) atoms. The number of hydrogen-bond acceptors (Lipinski definition) is 8. The van der Waals surface area contributed by atoms with Gasteiger partial charge in [-0.05, 0) is 48.0 Å². The van der Waals surface area contributed by atoms with Crippen LogP contribution in [0.2, 0.25) is 0 Å². The molecule has 188 valence electrons. The number of nitriles is 1. The molecule has 0 atom stereocenters. The summed E-state index contributed by atoms with van der Waals surface area (Å²) in [5.74, 6) is 3.65. The van der Waals surface area contributed by atoms with Gasteiger partial charge in [-0.2, -0.15) is 5.26 Å². The Morgan fingerprint density at radius 3 is 1.76 bits per heavy atom. The summed E-state index contributed by atoms with van der Waals surface area (Å²) in [7, 11) is 7.86. The highest BCUT2D eigenvalue weighted by Gasteiger charge is 2.23. The lowest BCUT2D eigenvalue weighted by atomic mass is 9.98. The average molecular weight is 499 g/mol. The van der Waals surface area contributed by atoms with Crippen molar-refractivity contribution in [3.05, 3.63) is 71.8 Å². The molecule has 3 aromatic carbocycles. The average Bonchev–Trinajstić information content (AvgIpc) is 3.33. The quantitative estimate of drug-likeness (QED) is 0.251. The second-order valence-electron chi connectivity index (χ2n) is 7.76. The van der Waals surface area contributed by atoms with Gasteiger partial charge in [-0.3, -0.25) is 0 Å². The first-order chi connectivity index (χ1) is 18.1. The molecule has 0 saturated carbocycles. The van der Waals surface area contributed by atoms with Gasteiger partial charge in [-0.25, -0.2) is 4.99 Å². The monoisotopic (exact) mass is 498 g/mol. The van der Waals surface area contributed by atoms with E-state index < -0.39 is 0 Å². The van der Waals surface area contributed by atoms with E-state index in [1.54, 1.807) is 53.9 Å². The first-order valence-corrected chi connectivity index (χ1v) is 11.3. The standard InChI is InChI=1S/C29H26N2O6/c1-32-21-10-6-18(7-11-21)27-23(16-30)29(37-28(27)19-8-12-22(33-2)13-9-19)31-17-20-14-25(35-4)26(36-5)15-24(20)34-3/h6-15,17H,1-5H3/b31-17+. The third-order valence-corrected chi connectivity index (χ3v) is 5.79. The van der Waals surface area contributed by atoms with Crippen molar-refractivity contribution in [2.24, 2.45) is 4.99 Å². The number of methoxy groups -OCH3 is 5. The number of hydrogen-bond donors (Lipinski definition) is 0. The Bertz CT molecular complexity index is 1450. The fourth-order valence-corrected chi connectivity index (χ4v) is 3.87. The van der Waals surface area contributed by atoms with E-state index in [0.29, 0.717) is 51.2 Å². The van der Waals surface area contributed by atoms with E-state index in [1.165, 1.54) is 0 Å². The highest BCUT2D eigenvalue weighted by atomic mass is 16.5. The summed E-state index contributed by atoms with van der Waals surface area (Å²) in [6, 6.07) is 20.5. The van der Waals surface area contributed by atoms with E-state index in [2.05, 4.69) is 11.1 Å². The largest absolute Gasteiger partial charge is 0.497 e. The molecule has 4 aromatic rings. The Hall–Kier alpha value is -4.90. The molecular formula is C29H26N2O6. The minimum Gasteiger partial charge on any atom is -0.497 e. The number of furan rings is 1. The van der Waals surface area contributed by atoms with E-state index >= 15 is 0 Å². The highest BCUT2D eigenvalue weighted by molar-refractivity contribution is 5.91. The molecule has 0 bridgehead atoms. The minimum atomic E-state index is 0.163. The summed E-state index contributed by atoms with van der Waals surface area (Å²) in [6.07, 6.45) is 1.57.